The van der Waals surface area contributed by atoms with Crippen LogP contribution in [0, 0.1) is 6.92 Å². The molecule has 0 saturated carbocycles. The van der Waals surface area contributed by atoms with Crippen LogP contribution in [0.15, 0.2) is 24.3 Å². The molecule has 20 heavy (non-hydrogen) atoms. The van der Waals surface area contributed by atoms with E-state index in [1.807, 2.05) is 31.2 Å². The summed E-state index contributed by atoms with van der Waals surface area (Å²) >= 11 is 0. The lowest BCUT2D eigenvalue weighted by Crippen LogP contribution is -2.11. The monoisotopic (exact) mass is 273 g/mol. The highest BCUT2D eigenvalue weighted by atomic mass is 16.5. The second-order valence-electron chi connectivity index (χ2n) is 4.88. The van der Waals surface area contributed by atoms with Gasteiger partial charge in [-0.2, -0.15) is 0 Å². The summed E-state index contributed by atoms with van der Waals surface area (Å²) < 4.78 is 7.18. The molecule has 1 N–H and O–H groups in total. The number of benzene rings is 1. The van der Waals surface area contributed by atoms with Gasteiger partial charge in [-0.25, -0.2) is 9.48 Å². The maximum Gasteiger partial charge on any atom is 0.358 e. The minimum atomic E-state index is -1.08. The fraction of sp³-hybridized carbons (Fsp3) is 0.357. The van der Waals surface area contributed by atoms with Crippen LogP contribution in [0.1, 0.15) is 40.7 Å². The van der Waals surface area contributed by atoms with Crippen LogP contribution in [0.3, 0.4) is 0 Å². The number of aromatic carboxylic acids is 1. The topological polar surface area (TPSA) is 77.2 Å². The lowest BCUT2D eigenvalue weighted by atomic mass is 10.1. The third kappa shape index (κ3) is 2.18. The van der Waals surface area contributed by atoms with Crippen LogP contribution in [0.4, 0.5) is 0 Å². The number of hydrogen-bond acceptors (Lipinski definition) is 4. The van der Waals surface area contributed by atoms with Crippen LogP contribution in [-0.2, 0) is 4.74 Å². The van der Waals surface area contributed by atoms with Crippen LogP contribution in [0.2, 0.25) is 0 Å². The first-order valence-corrected chi connectivity index (χ1v) is 6.54. The molecular formula is C14H15N3O3. The number of carboxylic acid groups (broad SMARTS) is 1. The Bertz CT molecular complexity index is 628. The molecule has 1 fully saturated rings. The Morgan fingerprint density at radius 1 is 1.40 bits per heavy atom. The molecule has 3 rings (SSSR count). The highest BCUT2D eigenvalue weighted by Crippen LogP contribution is 2.31. The molecule has 0 radical (unpaired) electrons. The predicted octanol–water partition coefficient (Wildman–Crippen LogP) is 2.13. The Morgan fingerprint density at radius 3 is 2.75 bits per heavy atom. The number of aromatic nitrogens is 3. The summed E-state index contributed by atoms with van der Waals surface area (Å²) in [7, 11) is 0. The van der Waals surface area contributed by atoms with Gasteiger partial charge in [0.05, 0.1) is 5.69 Å². The smallest absolute Gasteiger partial charge is 0.358 e. The molecule has 1 aliphatic rings. The van der Waals surface area contributed by atoms with Crippen molar-refractivity contribution in [1.29, 1.82) is 0 Å². The second-order valence-corrected chi connectivity index (χ2v) is 4.88. The zero-order valence-electron chi connectivity index (χ0n) is 11.1. The van der Waals surface area contributed by atoms with Crippen molar-refractivity contribution >= 4 is 5.97 Å². The van der Waals surface area contributed by atoms with Gasteiger partial charge in [0.1, 0.15) is 11.8 Å². The molecule has 2 heterocycles. The second kappa shape index (κ2) is 5.05. The number of ether oxygens (including phenoxy) is 1. The number of aryl methyl sites for hydroxylation is 1. The van der Waals surface area contributed by atoms with Gasteiger partial charge < -0.3 is 9.84 Å². The lowest BCUT2D eigenvalue weighted by molar-refractivity contribution is 0.0673. The van der Waals surface area contributed by atoms with E-state index in [1.165, 1.54) is 0 Å². The van der Waals surface area contributed by atoms with E-state index < -0.39 is 5.97 Å². The molecule has 104 valence electrons. The van der Waals surface area contributed by atoms with Gasteiger partial charge in [0.2, 0.25) is 0 Å². The Morgan fingerprint density at radius 2 is 2.15 bits per heavy atom. The van der Waals surface area contributed by atoms with Crippen LogP contribution in [0.5, 0.6) is 0 Å². The molecule has 1 saturated heterocycles. The molecule has 1 atom stereocenters. The van der Waals surface area contributed by atoms with E-state index in [9.17, 15) is 9.90 Å². The highest BCUT2D eigenvalue weighted by molar-refractivity contribution is 5.86. The van der Waals surface area contributed by atoms with Gasteiger partial charge in [0.25, 0.3) is 0 Å². The van der Waals surface area contributed by atoms with Gasteiger partial charge in [-0.15, -0.1) is 5.10 Å². The summed E-state index contributed by atoms with van der Waals surface area (Å²) in [5.74, 6) is -1.08. The van der Waals surface area contributed by atoms with E-state index in [4.69, 9.17) is 4.74 Å². The maximum absolute atomic E-state index is 11.3. The fourth-order valence-electron chi connectivity index (χ4n) is 2.40. The van der Waals surface area contributed by atoms with Gasteiger partial charge in [-0.05, 0) is 31.9 Å². The van der Waals surface area contributed by atoms with Crippen molar-refractivity contribution in [2.75, 3.05) is 6.61 Å². The number of nitrogens with zero attached hydrogens (tertiary/aromatic N) is 3. The first kappa shape index (κ1) is 12.8. The number of carboxylic acids is 1. The van der Waals surface area contributed by atoms with Crippen molar-refractivity contribution in [3.8, 4) is 5.69 Å². The lowest BCUT2D eigenvalue weighted by Gasteiger charge is -2.12. The Balaban J connectivity index is 2.10. The van der Waals surface area contributed by atoms with Crippen LogP contribution in [0.25, 0.3) is 5.69 Å². The maximum atomic E-state index is 11.3. The molecule has 6 heteroatoms. The third-order valence-electron chi connectivity index (χ3n) is 3.42. The first-order chi connectivity index (χ1) is 9.66. The highest BCUT2D eigenvalue weighted by Gasteiger charge is 2.30. The molecule has 1 aliphatic heterocycles. The summed E-state index contributed by atoms with van der Waals surface area (Å²) in [6.45, 7) is 2.64. The van der Waals surface area contributed by atoms with Crippen LogP contribution >= 0.6 is 0 Å². The molecule has 6 nitrogen and oxygen atoms in total. The van der Waals surface area contributed by atoms with E-state index in [0.717, 1.165) is 24.1 Å². The summed E-state index contributed by atoms with van der Waals surface area (Å²) in [5, 5.41) is 17.0. The molecule has 1 aromatic heterocycles. The number of rotatable bonds is 3. The van der Waals surface area contributed by atoms with Gasteiger partial charge in [-0.1, -0.05) is 22.9 Å². The van der Waals surface area contributed by atoms with Gasteiger partial charge >= 0.3 is 5.97 Å². The van der Waals surface area contributed by atoms with Crippen molar-refractivity contribution in [2.24, 2.45) is 0 Å². The van der Waals surface area contributed by atoms with E-state index >= 15 is 0 Å². The van der Waals surface area contributed by atoms with Crippen molar-refractivity contribution in [3.63, 3.8) is 0 Å². The fourth-order valence-corrected chi connectivity index (χ4v) is 2.40. The zero-order chi connectivity index (χ0) is 14.1. The first-order valence-electron chi connectivity index (χ1n) is 6.54. The van der Waals surface area contributed by atoms with Gasteiger partial charge in [0.15, 0.2) is 5.69 Å². The zero-order valence-corrected chi connectivity index (χ0v) is 11.1. The van der Waals surface area contributed by atoms with Gasteiger partial charge in [-0.3, -0.25) is 0 Å². The van der Waals surface area contributed by atoms with Crippen molar-refractivity contribution < 1.29 is 14.6 Å². The molecule has 0 unspecified atom stereocenters. The number of hydrogen-bond donors (Lipinski definition) is 1. The van der Waals surface area contributed by atoms with Crippen LogP contribution < -0.4 is 0 Å². The average molecular weight is 273 g/mol. The Hall–Kier alpha value is -2.21. The molecule has 0 bridgehead atoms. The molecule has 2 aromatic rings. The van der Waals surface area contributed by atoms with Crippen LogP contribution in [-0.4, -0.2) is 32.7 Å². The summed E-state index contributed by atoms with van der Waals surface area (Å²) in [5.41, 5.74) is 2.42. The van der Waals surface area contributed by atoms with E-state index in [2.05, 4.69) is 10.3 Å². The minimum Gasteiger partial charge on any atom is -0.476 e. The Labute approximate surface area is 116 Å². The van der Waals surface area contributed by atoms with Crippen molar-refractivity contribution in [2.45, 2.75) is 25.9 Å². The summed E-state index contributed by atoms with van der Waals surface area (Å²) in [6.07, 6.45) is 1.46. The molecule has 0 aliphatic carbocycles. The molecule has 1 aromatic carbocycles. The normalized spacial score (nSPS) is 18.4. The SMILES string of the molecule is Cc1ccc(-n2nnc(C(=O)O)c2[C@H]2CCCO2)cc1. The Kier molecular flexibility index (Phi) is 3.23. The predicted molar refractivity (Wildman–Crippen MR) is 71.0 cm³/mol. The van der Waals surface area contributed by atoms with E-state index in [1.54, 1.807) is 4.68 Å². The molecule has 0 amide bonds. The van der Waals surface area contributed by atoms with Crippen molar-refractivity contribution in [3.05, 3.63) is 41.2 Å². The quantitative estimate of drug-likeness (QED) is 0.926. The molecular weight excluding hydrogens is 258 g/mol. The minimum absolute atomic E-state index is 0.0301. The largest absolute Gasteiger partial charge is 0.476 e. The molecule has 0 spiro atoms. The van der Waals surface area contributed by atoms with Crippen molar-refractivity contribution in [1.82, 2.24) is 15.0 Å². The summed E-state index contributed by atoms with van der Waals surface area (Å²) in [6, 6.07) is 7.70. The summed E-state index contributed by atoms with van der Waals surface area (Å²) in [4.78, 5) is 11.3. The standard InChI is InChI=1S/C14H15N3O3/c1-9-4-6-10(7-5-9)17-13(11-3-2-8-20-11)12(14(18)19)15-16-17/h4-7,11H,2-3,8H2,1H3,(H,18,19)/t11-/m1/s1. The third-order valence-corrected chi connectivity index (χ3v) is 3.42. The number of carbonyl (C=O) groups is 1. The van der Waals surface area contributed by atoms with E-state index in [-0.39, 0.29) is 11.8 Å². The van der Waals surface area contributed by atoms with Gasteiger partial charge in [0, 0.05) is 6.61 Å². The van der Waals surface area contributed by atoms with E-state index in [0.29, 0.717) is 12.3 Å². The average Bonchev–Trinajstić information content (AvgIpc) is 3.08.